The molecule has 0 N–H and O–H groups in total. The predicted octanol–water partition coefficient (Wildman–Crippen LogP) is 5.49. The lowest BCUT2D eigenvalue weighted by atomic mass is 10.0. The Hall–Kier alpha value is -4.04. The van der Waals surface area contributed by atoms with E-state index in [2.05, 4.69) is 58.3 Å². The van der Waals surface area contributed by atoms with Crippen molar-refractivity contribution in [2.75, 3.05) is 31.1 Å². The van der Waals surface area contributed by atoms with E-state index < -0.39 is 17.5 Å². The van der Waals surface area contributed by atoms with Crippen molar-refractivity contribution in [3.8, 4) is 11.1 Å². The lowest BCUT2D eigenvalue weighted by molar-refractivity contribution is -0.0206. The number of oxazole rings is 1. The number of para-hydroxylation sites is 1. The summed E-state index contributed by atoms with van der Waals surface area (Å²) in [7, 11) is 0. The number of fused-ring (bicyclic) bond motifs is 1. The van der Waals surface area contributed by atoms with Gasteiger partial charge >= 0.3 is 11.9 Å². The molecule has 1 aliphatic heterocycles. The summed E-state index contributed by atoms with van der Waals surface area (Å²) in [6.07, 6.45) is -0.833. The van der Waals surface area contributed by atoms with Crippen LogP contribution in [0.2, 0.25) is 0 Å². The molecule has 0 amide bonds. The molecular formula is C30H33N3O5. The van der Waals surface area contributed by atoms with Crippen LogP contribution in [0.1, 0.15) is 26.3 Å². The summed E-state index contributed by atoms with van der Waals surface area (Å²) < 4.78 is 17.3. The van der Waals surface area contributed by atoms with E-state index in [-0.39, 0.29) is 6.73 Å². The van der Waals surface area contributed by atoms with Gasteiger partial charge in [-0.05, 0) is 55.7 Å². The lowest BCUT2D eigenvalue weighted by Gasteiger charge is -2.36. The predicted molar refractivity (Wildman–Crippen MR) is 147 cm³/mol. The molecule has 0 aliphatic carbocycles. The molecule has 0 radical (unpaired) electrons. The molecule has 198 valence electrons. The fourth-order valence-electron chi connectivity index (χ4n) is 4.72. The number of benzene rings is 3. The largest absolute Gasteiger partial charge is 0.510 e. The van der Waals surface area contributed by atoms with Gasteiger partial charge in [-0.1, -0.05) is 54.6 Å². The second-order valence-electron chi connectivity index (χ2n) is 10.5. The van der Waals surface area contributed by atoms with Gasteiger partial charge in [-0.3, -0.25) is 4.90 Å². The van der Waals surface area contributed by atoms with Gasteiger partial charge in [0, 0.05) is 32.7 Å². The molecule has 8 heteroatoms. The van der Waals surface area contributed by atoms with Crippen LogP contribution in [0.4, 0.5) is 10.5 Å². The summed E-state index contributed by atoms with van der Waals surface area (Å²) in [4.78, 5) is 29.2. The Kier molecular flexibility index (Phi) is 7.24. The number of hydrogen-bond donors (Lipinski definition) is 0. The maximum absolute atomic E-state index is 12.6. The number of anilines is 1. The summed E-state index contributed by atoms with van der Waals surface area (Å²) in [5.74, 6) is -0.576. The zero-order chi connectivity index (χ0) is 26.7. The minimum absolute atomic E-state index is 0.278. The summed E-state index contributed by atoms with van der Waals surface area (Å²) in [6.45, 7) is 9.25. The first-order valence-corrected chi connectivity index (χ1v) is 12.9. The third kappa shape index (κ3) is 5.92. The van der Waals surface area contributed by atoms with E-state index in [0.29, 0.717) is 11.1 Å². The first kappa shape index (κ1) is 25.6. The highest BCUT2D eigenvalue weighted by atomic mass is 16.7. The number of rotatable bonds is 6. The van der Waals surface area contributed by atoms with Gasteiger partial charge in [0.25, 0.3) is 0 Å². The van der Waals surface area contributed by atoms with Gasteiger partial charge in [0.05, 0.1) is 11.2 Å². The van der Waals surface area contributed by atoms with Gasteiger partial charge in [-0.15, -0.1) is 0 Å². The van der Waals surface area contributed by atoms with E-state index in [4.69, 9.17) is 13.9 Å². The smallest absolute Gasteiger partial charge is 0.429 e. The number of aromatic nitrogens is 1. The first-order valence-electron chi connectivity index (χ1n) is 12.9. The second kappa shape index (κ2) is 10.8. The molecule has 0 spiro atoms. The van der Waals surface area contributed by atoms with Crippen molar-refractivity contribution in [2.24, 2.45) is 0 Å². The van der Waals surface area contributed by atoms with Crippen molar-refractivity contribution in [1.82, 2.24) is 9.47 Å². The molecule has 38 heavy (non-hydrogen) atoms. The number of carbonyl (C=O) groups excluding carboxylic acids is 1. The van der Waals surface area contributed by atoms with Gasteiger partial charge in [-0.2, -0.15) is 0 Å². The fraction of sp³-hybridized carbons (Fsp3) is 0.333. The molecule has 0 bridgehead atoms. The number of hydrogen-bond acceptors (Lipinski definition) is 7. The van der Waals surface area contributed by atoms with E-state index in [9.17, 15) is 9.59 Å². The minimum Gasteiger partial charge on any atom is -0.429 e. The monoisotopic (exact) mass is 515 g/mol. The van der Waals surface area contributed by atoms with Crippen molar-refractivity contribution in [3.63, 3.8) is 0 Å². The Morgan fingerprint density at radius 1 is 0.895 bits per heavy atom. The van der Waals surface area contributed by atoms with Crippen molar-refractivity contribution < 1.29 is 18.7 Å². The molecule has 4 aromatic rings. The molecule has 1 saturated heterocycles. The molecule has 1 fully saturated rings. The highest BCUT2D eigenvalue weighted by molar-refractivity contribution is 5.87. The fourth-order valence-corrected chi connectivity index (χ4v) is 4.72. The molecule has 3 aromatic carbocycles. The van der Waals surface area contributed by atoms with E-state index in [1.165, 1.54) is 21.3 Å². The first-order chi connectivity index (χ1) is 18.3. The second-order valence-corrected chi connectivity index (χ2v) is 10.5. The zero-order valence-electron chi connectivity index (χ0n) is 22.1. The highest BCUT2D eigenvalue weighted by Crippen LogP contribution is 2.28. The minimum atomic E-state index is -0.833. The lowest BCUT2D eigenvalue weighted by Crippen LogP contribution is -2.46. The molecular weight excluding hydrogens is 482 g/mol. The average molecular weight is 516 g/mol. The Labute approximate surface area is 222 Å². The Bertz CT molecular complexity index is 1460. The number of piperazine rings is 1. The summed E-state index contributed by atoms with van der Waals surface area (Å²) in [5, 5.41) is 0. The quantitative estimate of drug-likeness (QED) is 0.314. The van der Waals surface area contributed by atoms with Crippen LogP contribution >= 0.6 is 0 Å². The van der Waals surface area contributed by atoms with Crippen LogP contribution in [0.25, 0.3) is 22.2 Å². The van der Waals surface area contributed by atoms with Gasteiger partial charge < -0.3 is 18.8 Å². The molecule has 5 rings (SSSR count). The molecule has 1 aromatic heterocycles. The van der Waals surface area contributed by atoms with Crippen LogP contribution in [-0.2, 0) is 22.7 Å². The van der Waals surface area contributed by atoms with Crippen LogP contribution in [0, 0.1) is 0 Å². The number of ether oxygens (including phenoxy) is 2. The molecule has 0 atom stereocenters. The molecule has 0 saturated carbocycles. The SMILES string of the molecule is CC(C)(C)OC(=O)OCn1c(=O)oc2c(N3CCN(Cc4cccc(-c5ccccc5)c4)CC3)cccc21. The van der Waals surface area contributed by atoms with Crippen LogP contribution in [0.5, 0.6) is 0 Å². The van der Waals surface area contributed by atoms with Crippen molar-refractivity contribution >= 4 is 22.9 Å². The van der Waals surface area contributed by atoms with E-state index in [1.807, 2.05) is 18.2 Å². The van der Waals surface area contributed by atoms with E-state index in [1.54, 1.807) is 26.8 Å². The summed E-state index contributed by atoms with van der Waals surface area (Å²) >= 11 is 0. The maximum Gasteiger partial charge on any atom is 0.510 e. The van der Waals surface area contributed by atoms with E-state index >= 15 is 0 Å². The van der Waals surface area contributed by atoms with Crippen LogP contribution in [0.15, 0.2) is 82.0 Å². The topological polar surface area (TPSA) is 77.1 Å². The van der Waals surface area contributed by atoms with Gasteiger partial charge in [-0.25, -0.2) is 14.2 Å². The summed E-state index contributed by atoms with van der Waals surface area (Å²) in [6, 6.07) is 24.8. The Morgan fingerprint density at radius 2 is 1.61 bits per heavy atom. The van der Waals surface area contributed by atoms with Crippen molar-refractivity contribution in [2.45, 2.75) is 39.6 Å². The molecule has 0 unspecified atom stereocenters. The Balaban J connectivity index is 1.24. The van der Waals surface area contributed by atoms with E-state index in [0.717, 1.165) is 38.4 Å². The highest BCUT2D eigenvalue weighted by Gasteiger charge is 2.23. The van der Waals surface area contributed by atoms with Crippen LogP contribution in [0.3, 0.4) is 0 Å². The molecule has 1 aliphatic rings. The normalized spacial score (nSPS) is 14.6. The van der Waals surface area contributed by atoms with Gasteiger partial charge in [0.1, 0.15) is 5.60 Å². The Morgan fingerprint density at radius 3 is 2.34 bits per heavy atom. The van der Waals surface area contributed by atoms with Crippen molar-refractivity contribution in [1.29, 1.82) is 0 Å². The van der Waals surface area contributed by atoms with Crippen LogP contribution < -0.4 is 10.7 Å². The maximum atomic E-state index is 12.6. The number of carbonyl (C=O) groups is 1. The van der Waals surface area contributed by atoms with Crippen molar-refractivity contribution in [3.05, 3.63) is 88.9 Å². The number of nitrogens with zero attached hydrogens (tertiary/aromatic N) is 3. The average Bonchev–Trinajstić information content (AvgIpc) is 3.22. The standard InChI is InChI=1S/C30H33N3O5/c1-30(2,3)38-29(35)36-21-33-26-14-8-13-25(27(26)37-28(33)34)32-17-15-31(16-18-32)20-22-9-7-12-24(19-22)23-10-5-4-6-11-23/h4-14,19H,15-18,20-21H2,1-3H3. The third-order valence-electron chi connectivity index (χ3n) is 6.53. The summed E-state index contributed by atoms with van der Waals surface area (Å²) in [5.41, 5.74) is 4.99. The van der Waals surface area contributed by atoms with Gasteiger partial charge in [0.15, 0.2) is 12.3 Å². The van der Waals surface area contributed by atoms with Gasteiger partial charge in [0.2, 0.25) is 0 Å². The molecule has 8 nitrogen and oxygen atoms in total. The molecule has 2 heterocycles. The zero-order valence-corrected chi connectivity index (χ0v) is 22.1. The van der Waals surface area contributed by atoms with Crippen LogP contribution in [-0.4, -0.2) is 47.4 Å². The third-order valence-corrected chi connectivity index (χ3v) is 6.53.